The lowest BCUT2D eigenvalue weighted by Gasteiger charge is -2.34. The maximum atomic E-state index is 13.8. The summed E-state index contributed by atoms with van der Waals surface area (Å²) in [6, 6.07) is 12.1. The van der Waals surface area contributed by atoms with Gasteiger partial charge in [-0.05, 0) is 49.0 Å². The van der Waals surface area contributed by atoms with Gasteiger partial charge in [-0.1, -0.05) is 17.7 Å². The number of amides is 1. The molecule has 0 aromatic heterocycles. The van der Waals surface area contributed by atoms with Crippen molar-refractivity contribution in [3.63, 3.8) is 0 Å². The van der Waals surface area contributed by atoms with Crippen LogP contribution in [0.5, 0.6) is 0 Å². The summed E-state index contributed by atoms with van der Waals surface area (Å²) in [5.41, 5.74) is 2.18. The number of benzene rings is 2. The minimum absolute atomic E-state index is 0.0246. The van der Waals surface area contributed by atoms with E-state index in [4.69, 9.17) is 11.6 Å². The third-order valence-corrected chi connectivity index (χ3v) is 4.62. The molecule has 0 bridgehead atoms. The highest BCUT2D eigenvalue weighted by atomic mass is 35.5. The van der Waals surface area contributed by atoms with Crippen molar-refractivity contribution in [3.05, 3.63) is 58.9 Å². The fourth-order valence-electron chi connectivity index (χ4n) is 2.86. The molecule has 2 aromatic rings. The average molecular weight is 362 g/mol. The first kappa shape index (κ1) is 17.7. The van der Waals surface area contributed by atoms with E-state index >= 15 is 0 Å². The van der Waals surface area contributed by atoms with E-state index in [1.807, 2.05) is 24.3 Å². The number of piperazine rings is 1. The van der Waals surface area contributed by atoms with Gasteiger partial charge in [-0.15, -0.1) is 0 Å². The van der Waals surface area contributed by atoms with Gasteiger partial charge in [0.25, 0.3) is 0 Å². The molecule has 0 unspecified atom stereocenters. The molecule has 132 valence electrons. The number of anilines is 2. The zero-order valence-electron chi connectivity index (χ0n) is 14.1. The molecule has 1 amide bonds. The topological polar surface area (TPSA) is 35.6 Å². The van der Waals surface area contributed by atoms with E-state index in [1.165, 1.54) is 12.1 Å². The van der Waals surface area contributed by atoms with Gasteiger partial charge in [0, 0.05) is 42.6 Å². The predicted octanol–water partition coefficient (Wildman–Crippen LogP) is 3.41. The molecular formula is C19H21ClFN3O. The van der Waals surface area contributed by atoms with Gasteiger partial charge in [-0.2, -0.15) is 0 Å². The molecule has 1 aliphatic heterocycles. The third-order valence-electron chi connectivity index (χ3n) is 4.39. The largest absolute Gasteiger partial charge is 0.369 e. The number of rotatable bonds is 4. The van der Waals surface area contributed by atoms with Gasteiger partial charge in [0.2, 0.25) is 5.91 Å². The number of hydrogen-bond donors (Lipinski definition) is 1. The molecule has 6 heteroatoms. The quantitative estimate of drug-likeness (QED) is 0.906. The van der Waals surface area contributed by atoms with Crippen molar-refractivity contribution in [3.8, 4) is 0 Å². The van der Waals surface area contributed by atoms with Gasteiger partial charge < -0.3 is 15.1 Å². The van der Waals surface area contributed by atoms with Crippen LogP contribution in [0.1, 0.15) is 5.56 Å². The first-order valence-corrected chi connectivity index (χ1v) is 8.66. The van der Waals surface area contributed by atoms with Crippen LogP contribution in [0.25, 0.3) is 0 Å². The fourth-order valence-corrected chi connectivity index (χ4v) is 3.02. The average Bonchev–Trinajstić information content (AvgIpc) is 2.59. The zero-order valence-corrected chi connectivity index (χ0v) is 14.9. The maximum absolute atomic E-state index is 13.8. The summed E-state index contributed by atoms with van der Waals surface area (Å²) < 4.78 is 13.8. The van der Waals surface area contributed by atoms with Crippen molar-refractivity contribution < 1.29 is 9.18 Å². The van der Waals surface area contributed by atoms with Crippen molar-refractivity contribution in [2.24, 2.45) is 0 Å². The molecular weight excluding hydrogens is 341 g/mol. The Labute approximate surface area is 152 Å². The number of carbonyl (C=O) groups is 1. The van der Waals surface area contributed by atoms with Crippen LogP contribution in [-0.2, 0) is 11.2 Å². The van der Waals surface area contributed by atoms with Crippen LogP contribution in [0.3, 0.4) is 0 Å². The summed E-state index contributed by atoms with van der Waals surface area (Å²) in [6.07, 6.45) is -0.0246. The highest BCUT2D eigenvalue weighted by molar-refractivity contribution is 6.30. The summed E-state index contributed by atoms with van der Waals surface area (Å²) >= 11 is 5.72. The van der Waals surface area contributed by atoms with Crippen molar-refractivity contribution in [2.75, 3.05) is 43.4 Å². The summed E-state index contributed by atoms with van der Waals surface area (Å²) in [6.45, 7) is 4.09. The molecule has 1 N–H and O–H groups in total. The standard InChI is InChI=1S/C19H21ClFN3O/c1-23-8-10-24(11-9-23)17-6-4-16(5-7-17)22-19(25)12-14-2-3-15(20)13-18(14)21/h2-7,13H,8-12H2,1H3,(H,22,25). The monoisotopic (exact) mass is 361 g/mol. The molecule has 1 saturated heterocycles. The van der Waals surface area contributed by atoms with E-state index < -0.39 is 5.82 Å². The Bertz CT molecular complexity index is 743. The second kappa shape index (κ2) is 7.85. The molecule has 3 rings (SSSR count). The molecule has 0 radical (unpaired) electrons. The van der Waals surface area contributed by atoms with Crippen LogP contribution in [0.4, 0.5) is 15.8 Å². The molecule has 0 atom stereocenters. The van der Waals surface area contributed by atoms with Crippen molar-refractivity contribution in [2.45, 2.75) is 6.42 Å². The van der Waals surface area contributed by atoms with E-state index in [9.17, 15) is 9.18 Å². The number of nitrogens with zero attached hydrogens (tertiary/aromatic N) is 2. The first-order valence-electron chi connectivity index (χ1n) is 8.28. The summed E-state index contributed by atoms with van der Waals surface area (Å²) in [7, 11) is 2.12. The number of hydrogen-bond acceptors (Lipinski definition) is 3. The fraction of sp³-hybridized carbons (Fsp3) is 0.316. The minimum Gasteiger partial charge on any atom is -0.369 e. The van der Waals surface area contributed by atoms with Crippen LogP contribution in [0.15, 0.2) is 42.5 Å². The molecule has 0 aliphatic carbocycles. The van der Waals surface area contributed by atoms with Crippen molar-refractivity contribution in [1.82, 2.24) is 4.90 Å². The van der Waals surface area contributed by atoms with E-state index in [1.54, 1.807) is 6.07 Å². The van der Waals surface area contributed by atoms with Gasteiger partial charge in [0.15, 0.2) is 0 Å². The molecule has 0 saturated carbocycles. The molecule has 1 heterocycles. The zero-order chi connectivity index (χ0) is 17.8. The number of nitrogens with one attached hydrogen (secondary N) is 1. The van der Waals surface area contributed by atoms with Crippen LogP contribution >= 0.6 is 11.6 Å². The number of carbonyl (C=O) groups excluding carboxylic acids is 1. The van der Waals surface area contributed by atoms with Crippen molar-refractivity contribution >= 4 is 28.9 Å². The molecule has 0 spiro atoms. The summed E-state index contributed by atoms with van der Waals surface area (Å²) in [5, 5.41) is 3.12. The molecule has 4 nitrogen and oxygen atoms in total. The smallest absolute Gasteiger partial charge is 0.228 e. The Morgan fingerprint density at radius 1 is 1.12 bits per heavy atom. The van der Waals surface area contributed by atoms with Crippen LogP contribution < -0.4 is 10.2 Å². The van der Waals surface area contributed by atoms with E-state index in [0.29, 0.717) is 16.3 Å². The van der Waals surface area contributed by atoms with Gasteiger partial charge >= 0.3 is 0 Å². The summed E-state index contributed by atoms with van der Waals surface area (Å²) in [5.74, 6) is -0.721. The van der Waals surface area contributed by atoms with Gasteiger partial charge in [0.1, 0.15) is 5.82 Å². The Morgan fingerprint density at radius 2 is 1.80 bits per heavy atom. The highest BCUT2D eigenvalue weighted by Gasteiger charge is 2.14. The summed E-state index contributed by atoms with van der Waals surface area (Å²) in [4.78, 5) is 16.7. The van der Waals surface area contributed by atoms with E-state index in [2.05, 4.69) is 22.2 Å². The predicted molar refractivity (Wildman–Crippen MR) is 99.9 cm³/mol. The second-order valence-corrected chi connectivity index (χ2v) is 6.73. The van der Waals surface area contributed by atoms with Gasteiger partial charge in [0.05, 0.1) is 6.42 Å². The minimum atomic E-state index is -0.465. The molecule has 2 aromatic carbocycles. The third kappa shape index (κ3) is 4.71. The van der Waals surface area contributed by atoms with Gasteiger partial charge in [-0.3, -0.25) is 4.79 Å². The normalized spacial score (nSPS) is 15.2. The molecule has 1 fully saturated rings. The number of likely N-dealkylation sites (N-methyl/N-ethyl adjacent to an activating group) is 1. The van der Waals surface area contributed by atoms with Gasteiger partial charge in [-0.25, -0.2) is 4.39 Å². The SMILES string of the molecule is CN1CCN(c2ccc(NC(=O)Cc3ccc(Cl)cc3F)cc2)CC1. The van der Waals surface area contributed by atoms with E-state index in [-0.39, 0.29) is 12.3 Å². The Hall–Kier alpha value is -2.11. The Balaban J connectivity index is 1.58. The molecule has 1 aliphatic rings. The van der Waals surface area contributed by atoms with Crippen LogP contribution in [0.2, 0.25) is 5.02 Å². The second-order valence-electron chi connectivity index (χ2n) is 6.30. The lowest BCUT2D eigenvalue weighted by Crippen LogP contribution is -2.44. The van der Waals surface area contributed by atoms with Crippen molar-refractivity contribution in [1.29, 1.82) is 0 Å². The van der Waals surface area contributed by atoms with Crippen LogP contribution in [0, 0.1) is 5.82 Å². The number of halogens is 2. The Kier molecular flexibility index (Phi) is 5.56. The molecule has 25 heavy (non-hydrogen) atoms. The van der Waals surface area contributed by atoms with Crippen LogP contribution in [-0.4, -0.2) is 44.0 Å². The lowest BCUT2D eigenvalue weighted by atomic mass is 10.1. The van der Waals surface area contributed by atoms with E-state index in [0.717, 1.165) is 31.9 Å². The maximum Gasteiger partial charge on any atom is 0.228 e. The lowest BCUT2D eigenvalue weighted by molar-refractivity contribution is -0.115. The highest BCUT2D eigenvalue weighted by Crippen LogP contribution is 2.20. The first-order chi connectivity index (χ1) is 12.0. The Morgan fingerprint density at radius 3 is 2.44 bits per heavy atom.